The number of nitrogens with one attached hydrogen (secondary N) is 2. The van der Waals surface area contributed by atoms with Crippen molar-refractivity contribution in [3.05, 3.63) is 83.9 Å². The van der Waals surface area contributed by atoms with Gasteiger partial charge in [0, 0.05) is 22.2 Å². The lowest BCUT2D eigenvalue weighted by Crippen LogP contribution is -2.19. The predicted octanol–water partition coefficient (Wildman–Crippen LogP) is 4.91. The first-order chi connectivity index (χ1) is 15.9. The predicted molar refractivity (Wildman–Crippen MR) is 127 cm³/mol. The van der Waals surface area contributed by atoms with E-state index in [0.717, 1.165) is 23.3 Å². The summed E-state index contributed by atoms with van der Waals surface area (Å²) in [5.74, 6) is -1.91. The van der Waals surface area contributed by atoms with Gasteiger partial charge in [-0.25, -0.2) is 4.79 Å². The molecule has 0 spiro atoms. The highest BCUT2D eigenvalue weighted by atomic mass is 32.2. The number of benzene rings is 3. The van der Waals surface area contributed by atoms with Crippen LogP contribution in [0.5, 0.6) is 5.75 Å². The van der Waals surface area contributed by atoms with Crippen LogP contribution in [0.25, 0.3) is 0 Å². The lowest BCUT2D eigenvalue weighted by Gasteiger charge is -2.18. The summed E-state index contributed by atoms with van der Waals surface area (Å²) in [6.07, 6.45) is 1.83. The van der Waals surface area contributed by atoms with Gasteiger partial charge in [-0.15, -0.1) is 11.8 Å². The molecule has 7 nitrogen and oxygen atoms in total. The summed E-state index contributed by atoms with van der Waals surface area (Å²) in [5.41, 5.74) is 1.41. The molecule has 168 valence electrons. The molecule has 0 aromatic heterocycles. The molecule has 1 saturated carbocycles. The molecule has 1 unspecified atom stereocenters. The van der Waals surface area contributed by atoms with Crippen molar-refractivity contribution in [1.82, 2.24) is 0 Å². The Morgan fingerprint density at radius 2 is 1.61 bits per heavy atom. The first-order valence-corrected chi connectivity index (χ1v) is 11.3. The van der Waals surface area contributed by atoms with E-state index >= 15 is 0 Å². The van der Waals surface area contributed by atoms with E-state index in [0.29, 0.717) is 5.69 Å². The normalized spacial score (nSPS) is 13.7. The molecular weight excluding hydrogens is 440 g/mol. The molecule has 4 N–H and O–H groups in total. The summed E-state index contributed by atoms with van der Waals surface area (Å²) < 4.78 is 0. The zero-order valence-corrected chi connectivity index (χ0v) is 18.3. The third-order valence-electron chi connectivity index (χ3n) is 5.14. The largest absolute Gasteiger partial charge is 0.507 e. The molecule has 33 heavy (non-hydrogen) atoms. The Morgan fingerprint density at radius 1 is 0.879 bits per heavy atom. The summed E-state index contributed by atoms with van der Waals surface area (Å²) in [4.78, 5) is 37.4. The van der Waals surface area contributed by atoms with Gasteiger partial charge >= 0.3 is 5.97 Å². The van der Waals surface area contributed by atoms with Crippen molar-refractivity contribution < 1.29 is 24.6 Å². The van der Waals surface area contributed by atoms with Gasteiger partial charge in [-0.2, -0.15) is 0 Å². The maximum Gasteiger partial charge on any atom is 0.339 e. The second-order valence-electron chi connectivity index (χ2n) is 7.73. The maximum absolute atomic E-state index is 13.2. The van der Waals surface area contributed by atoms with E-state index in [1.165, 1.54) is 30.0 Å². The van der Waals surface area contributed by atoms with Gasteiger partial charge in [0.15, 0.2) is 0 Å². The number of aromatic hydroxyl groups is 1. The molecule has 1 aliphatic rings. The number of aromatic carboxylic acids is 1. The third kappa shape index (κ3) is 5.72. The molecule has 4 rings (SSSR count). The van der Waals surface area contributed by atoms with Crippen LogP contribution in [0.4, 0.5) is 11.4 Å². The number of hydrogen-bond donors (Lipinski definition) is 4. The van der Waals surface area contributed by atoms with Gasteiger partial charge < -0.3 is 20.8 Å². The molecule has 8 heteroatoms. The number of carbonyl (C=O) groups excluding carboxylic acids is 2. The number of amides is 2. The minimum atomic E-state index is -1.29. The van der Waals surface area contributed by atoms with Crippen molar-refractivity contribution in [2.75, 3.05) is 10.6 Å². The maximum atomic E-state index is 13.2. The van der Waals surface area contributed by atoms with E-state index in [9.17, 15) is 24.6 Å². The van der Waals surface area contributed by atoms with Crippen LogP contribution >= 0.6 is 11.8 Å². The van der Waals surface area contributed by atoms with Crippen molar-refractivity contribution in [1.29, 1.82) is 0 Å². The van der Waals surface area contributed by atoms with Crippen LogP contribution in [0.1, 0.15) is 34.0 Å². The van der Waals surface area contributed by atoms with Crippen LogP contribution in [0.3, 0.4) is 0 Å². The Balaban J connectivity index is 1.56. The van der Waals surface area contributed by atoms with Crippen molar-refractivity contribution in [2.24, 2.45) is 5.92 Å². The number of anilines is 2. The number of carbonyl (C=O) groups is 3. The van der Waals surface area contributed by atoms with Crippen LogP contribution in [0.2, 0.25) is 0 Å². The Labute approximate surface area is 194 Å². The number of carboxylic acids is 1. The molecule has 1 atom stereocenters. The Morgan fingerprint density at radius 3 is 2.30 bits per heavy atom. The minimum Gasteiger partial charge on any atom is -0.507 e. The molecule has 1 fully saturated rings. The van der Waals surface area contributed by atoms with E-state index < -0.39 is 11.2 Å². The second kappa shape index (κ2) is 9.79. The molecule has 0 aliphatic heterocycles. The monoisotopic (exact) mass is 462 g/mol. The average molecular weight is 463 g/mol. The summed E-state index contributed by atoms with van der Waals surface area (Å²) in [6.45, 7) is 0. The summed E-state index contributed by atoms with van der Waals surface area (Å²) in [7, 11) is 0. The first-order valence-electron chi connectivity index (χ1n) is 10.4. The van der Waals surface area contributed by atoms with E-state index in [1.807, 2.05) is 54.6 Å². The zero-order chi connectivity index (χ0) is 23.4. The Kier molecular flexibility index (Phi) is 6.65. The van der Waals surface area contributed by atoms with Gasteiger partial charge in [-0.1, -0.05) is 36.4 Å². The number of carboxylic acid groups (broad SMARTS) is 1. The van der Waals surface area contributed by atoms with Crippen molar-refractivity contribution in [3.63, 3.8) is 0 Å². The second-order valence-corrected chi connectivity index (χ2v) is 8.90. The lowest BCUT2D eigenvalue weighted by atomic mass is 10.1. The average Bonchev–Trinajstić information content (AvgIpc) is 3.65. The zero-order valence-electron chi connectivity index (χ0n) is 17.5. The fourth-order valence-electron chi connectivity index (χ4n) is 3.27. The highest BCUT2D eigenvalue weighted by molar-refractivity contribution is 8.00. The van der Waals surface area contributed by atoms with Crippen molar-refractivity contribution in [2.45, 2.75) is 23.0 Å². The van der Waals surface area contributed by atoms with Gasteiger partial charge in [-0.05, 0) is 54.8 Å². The van der Waals surface area contributed by atoms with Gasteiger partial charge in [0.25, 0.3) is 0 Å². The fraction of sp³-hybridized carbons (Fsp3) is 0.160. The molecule has 3 aromatic rings. The Hall–Kier alpha value is -3.78. The molecule has 0 radical (unpaired) electrons. The van der Waals surface area contributed by atoms with E-state index in [1.54, 1.807) is 0 Å². The van der Waals surface area contributed by atoms with Crippen LogP contribution in [-0.2, 0) is 9.59 Å². The molecule has 3 aromatic carbocycles. The van der Waals surface area contributed by atoms with Crippen LogP contribution in [-0.4, -0.2) is 28.0 Å². The fourth-order valence-corrected chi connectivity index (χ4v) is 4.35. The van der Waals surface area contributed by atoms with Crippen LogP contribution in [0.15, 0.2) is 77.7 Å². The highest BCUT2D eigenvalue weighted by Gasteiger charge is 2.29. The molecule has 0 heterocycles. The topological polar surface area (TPSA) is 116 Å². The molecule has 0 saturated heterocycles. The molecule has 0 bridgehead atoms. The molecule has 2 amide bonds. The van der Waals surface area contributed by atoms with E-state index in [4.69, 9.17) is 0 Å². The minimum absolute atomic E-state index is 0.0102. The smallest absolute Gasteiger partial charge is 0.339 e. The van der Waals surface area contributed by atoms with Gasteiger partial charge in [0.05, 0.1) is 0 Å². The first kappa shape index (κ1) is 22.4. The van der Waals surface area contributed by atoms with Gasteiger partial charge in [0.1, 0.15) is 16.6 Å². The van der Waals surface area contributed by atoms with E-state index in [-0.39, 0.29) is 34.7 Å². The van der Waals surface area contributed by atoms with Crippen LogP contribution in [0, 0.1) is 5.92 Å². The third-order valence-corrected chi connectivity index (χ3v) is 6.39. The SMILES string of the molecule is O=C(O)c1cc(NC(=O)C(Sc2cccc(NC(=O)C3CC3)c2)c2ccccc2)ccc1O. The standard InChI is InChI=1S/C25H22N2O5S/c28-21-12-11-18(14-20(21)25(31)32)27-24(30)22(15-5-2-1-3-6-15)33-19-8-4-7-17(13-19)26-23(29)16-9-10-16/h1-8,11-14,16,22,28H,9-10H2,(H,26,29)(H,27,30)(H,31,32). The summed E-state index contributed by atoms with van der Waals surface area (Å²) in [6, 6.07) is 20.4. The highest BCUT2D eigenvalue weighted by Crippen LogP contribution is 2.38. The van der Waals surface area contributed by atoms with E-state index in [2.05, 4.69) is 10.6 Å². The Bertz CT molecular complexity index is 1190. The number of phenols is 1. The lowest BCUT2D eigenvalue weighted by molar-refractivity contribution is -0.117. The number of thioether (sulfide) groups is 1. The van der Waals surface area contributed by atoms with Crippen molar-refractivity contribution in [3.8, 4) is 5.75 Å². The van der Waals surface area contributed by atoms with Gasteiger partial charge in [0.2, 0.25) is 11.8 Å². The van der Waals surface area contributed by atoms with Crippen molar-refractivity contribution >= 4 is 40.9 Å². The molecular formula is C25H22N2O5S. The van der Waals surface area contributed by atoms with Crippen LogP contribution < -0.4 is 10.6 Å². The number of rotatable bonds is 8. The summed E-state index contributed by atoms with van der Waals surface area (Å²) in [5, 5.41) is 24.0. The number of hydrogen-bond acceptors (Lipinski definition) is 5. The molecule has 1 aliphatic carbocycles. The van der Waals surface area contributed by atoms with Gasteiger partial charge in [-0.3, -0.25) is 9.59 Å². The summed E-state index contributed by atoms with van der Waals surface area (Å²) >= 11 is 1.32. The quantitative estimate of drug-likeness (QED) is 0.279.